The molecule has 0 bridgehead atoms. The van der Waals surface area contributed by atoms with Crippen LogP contribution in [0.1, 0.15) is 28.2 Å². The molecule has 1 aliphatic rings. The highest BCUT2D eigenvalue weighted by Gasteiger charge is 2.22. The van der Waals surface area contributed by atoms with Gasteiger partial charge >= 0.3 is 0 Å². The lowest BCUT2D eigenvalue weighted by Crippen LogP contribution is -2.35. The Morgan fingerprint density at radius 1 is 1.03 bits per heavy atom. The fourth-order valence-corrected chi connectivity index (χ4v) is 3.60. The van der Waals surface area contributed by atoms with E-state index in [9.17, 15) is 9.18 Å². The fourth-order valence-electron chi connectivity index (χ4n) is 3.60. The maximum atomic E-state index is 13.1. The minimum absolute atomic E-state index is 0.0455. The molecule has 4 rings (SSSR count). The molecule has 1 amide bonds. The second-order valence-corrected chi connectivity index (χ2v) is 7.32. The van der Waals surface area contributed by atoms with Crippen LogP contribution in [0.25, 0.3) is 11.5 Å². The van der Waals surface area contributed by atoms with Crippen molar-refractivity contribution in [2.75, 3.05) is 26.2 Å². The van der Waals surface area contributed by atoms with Gasteiger partial charge in [-0.05, 0) is 49.7 Å². The minimum Gasteiger partial charge on any atom is -0.441 e. The Kier molecular flexibility index (Phi) is 5.71. The van der Waals surface area contributed by atoms with Crippen molar-refractivity contribution >= 4 is 5.91 Å². The van der Waals surface area contributed by atoms with E-state index in [1.54, 1.807) is 12.1 Å². The molecule has 0 unspecified atom stereocenters. The molecule has 0 saturated carbocycles. The van der Waals surface area contributed by atoms with Crippen molar-refractivity contribution < 1.29 is 13.6 Å². The number of rotatable bonds is 4. The molecule has 0 N–H and O–H groups in total. The van der Waals surface area contributed by atoms with Crippen LogP contribution in [0.15, 0.2) is 59.0 Å². The van der Waals surface area contributed by atoms with Crippen molar-refractivity contribution in [3.63, 3.8) is 0 Å². The van der Waals surface area contributed by atoms with Crippen LogP contribution < -0.4 is 0 Å². The summed E-state index contributed by atoms with van der Waals surface area (Å²) in [6.45, 7) is 5.62. The van der Waals surface area contributed by atoms with Crippen molar-refractivity contribution in [2.45, 2.75) is 19.9 Å². The zero-order chi connectivity index (χ0) is 20.2. The van der Waals surface area contributed by atoms with Gasteiger partial charge in [-0.3, -0.25) is 9.69 Å². The van der Waals surface area contributed by atoms with Gasteiger partial charge in [-0.2, -0.15) is 0 Å². The van der Waals surface area contributed by atoms with Crippen molar-refractivity contribution in [3.8, 4) is 11.5 Å². The van der Waals surface area contributed by atoms with E-state index < -0.39 is 0 Å². The number of amides is 1. The van der Waals surface area contributed by atoms with Crippen LogP contribution in [0.2, 0.25) is 0 Å². The standard InChI is InChI=1S/C23H24FN3O2/c1-17-21(25-22(29-17)18-6-3-2-4-7-18)16-26-12-5-13-27(15-14-26)23(28)19-8-10-20(24)11-9-19/h2-4,6-11H,5,12-16H2,1H3. The second kappa shape index (κ2) is 8.57. The molecule has 5 nitrogen and oxygen atoms in total. The highest BCUT2D eigenvalue weighted by molar-refractivity contribution is 5.94. The first kappa shape index (κ1) is 19.3. The Morgan fingerprint density at radius 2 is 1.79 bits per heavy atom. The van der Waals surface area contributed by atoms with Gasteiger partial charge in [0.2, 0.25) is 5.89 Å². The van der Waals surface area contributed by atoms with Gasteiger partial charge in [0.25, 0.3) is 5.91 Å². The van der Waals surface area contributed by atoms with E-state index in [0.29, 0.717) is 31.1 Å². The molecule has 29 heavy (non-hydrogen) atoms. The summed E-state index contributed by atoms with van der Waals surface area (Å²) in [6.07, 6.45) is 0.884. The first-order valence-corrected chi connectivity index (χ1v) is 9.89. The molecule has 1 saturated heterocycles. The van der Waals surface area contributed by atoms with Gasteiger partial charge in [-0.25, -0.2) is 9.37 Å². The molecule has 1 aromatic heterocycles. The zero-order valence-corrected chi connectivity index (χ0v) is 16.5. The zero-order valence-electron chi connectivity index (χ0n) is 16.5. The highest BCUT2D eigenvalue weighted by atomic mass is 19.1. The lowest BCUT2D eigenvalue weighted by Gasteiger charge is -2.21. The molecule has 0 radical (unpaired) electrons. The highest BCUT2D eigenvalue weighted by Crippen LogP contribution is 2.22. The largest absolute Gasteiger partial charge is 0.441 e. The normalized spacial score (nSPS) is 15.3. The van der Waals surface area contributed by atoms with Gasteiger partial charge in [0.1, 0.15) is 11.6 Å². The SMILES string of the molecule is Cc1oc(-c2ccccc2)nc1CN1CCCN(C(=O)c2ccc(F)cc2)CC1. The van der Waals surface area contributed by atoms with Crippen molar-refractivity contribution in [1.82, 2.24) is 14.8 Å². The summed E-state index contributed by atoms with van der Waals surface area (Å²) >= 11 is 0. The van der Waals surface area contributed by atoms with Crippen molar-refractivity contribution in [1.29, 1.82) is 0 Å². The van der Waals surface area contributed by atoms with E-state index in [2.05, 4.69) is 4.90 Å². The molecule has 3 aromatic rings. The summed E-state index contributed by atoms with van der Waals surface area (Å²) < 4.78 is 19.0. The summed E-state index contributed by atoms with van der Waals surface area (Å²) in [7, 11) is 0. The summed E-state index contributed by atoms with van der Waals surface area (Å²) in [4.78, 5) is 21.5. The fraction of sp³-hybridized carbons (Fsp3) is 0.304. The number of carbonyl (C=O) groups is 1. The smallest absolute Gasteiger partial charge is 0.253 e. The summed E-state index contributed by atoms with van der Waals surface area (Å²) in [5.74, 6) is 1.09. The van der Waals surface area contributed by atoms with Crippen LogP contribution in [0.3, 0.4) is 0 Å². The number of aryl methyl sites for hydroxylation is 1. The monoisotopic (exact) mass is 393 g/mol. The number of carbonyl (C=O) groups excluding carboxylic acids is 1. The third kappa shape index (κ3) is 4.54. The minimum atomic E-state index is -0.332. The molecule has 2 heterocycles. The van der Waals surface area contributed by atoms with Crippen molar-refractivity contribution in [3.05, 3.63) is 77.4 Å². The van der Waals surface area contributed by atoms with E-state index in [-0.39, 0.29) is 11.7 Å². The van der Waals surface area contributed by atoms with Crippen molar-refractivity contribution in [2.24, 2.45) is 0 Å². The van der Waals surface area contributed by atoms with Crippen LogP contribution in [0.5, 0.6) is 0 Å². The number of hydrogen-bond donors (Lipinski definition) is 0. The van der Waals surface area contributed by atoms with E-state index in [1.165, 1.54) is 12.1 Å². The Morgan fingerprint density at radius 3 is 2.55 bits per heavy atom. The predicted octanol–water partition coefficient (Wildman–Crippen LogP) is 4.14. The Hall–Kier alpha value is -2.99. The van der Waals surface area contributed by atoms with E-state index in [0.717, 1.165) is 36.5 Å². The number of benzene rings is 2. The molecular weight excluding hydrogens is 369 g/mol. The van der Waals surface area contributed by atoms with Crippen LogP contribution in [-0.2, 0) is 6.54 Å². The lowest BCUT2D eigenvalue weighted by atomic mass is 10.2. The van der Waals surface area contributed by atoms with E-state index >= 15 is 0 Å². The summed E-state index contributed by atoms with van der Waals surface area (Å²) in [5, 5.41) is 0. The summed E-state index contributed by atoms with van der Waals surface area (Å²) in [5.41, 5.74) is 2.43. The van der Waals surface area contributed by atoms with Gasteiger partial charge < -0.3 is 9.32 Å². The molecule has 0 aliphatic carbocycles. The Balaban J connectivity index is 1.40. The Bertz CT molecular complexity index is 970. The molecular formula is C23H24FN3O2. The maximum absolute atomic E-state index is 13.1. The summed E-state index contributed by atoms with van der Waals surface area (Å²) in [6, 6.07) is 15.6. The molecule has 6 heteroatoms. The molecule has 150 valence electrons. The average molecular weight is 393 g/mol. The first-order chi connectivity index (χ1) is 14.1. The van der Waals surface area contributed by atoms with Gasteiger partial charge in [-0.1, -0.05) is 18.2 Å². The van der Waals surface area contributed by atoms with Gasteiger partial charge in [0.05, 0.1) is 5.69 Å². The lowest BCUT2D eigenvalue weighted by molar-refractivity contribution is 0.0761. The third-order valence-electron chi connectivity index (χ3n) is 5.25. The van der Waals surface area contributed by atoms with Crippen LogP contribution in [0, 0.1) is 12.7 Å². The number of hydrogen-bond acceptors (Lipinski definition) is 4. The van der Waals surface area contributed by atoms with Gasteiger partial charge in [0, 0.05) is 43.9 Å². The molecule has 0 spiro atoms. The maximum Gasteiger partial charge on any atom is 0.253 e. The quantitative estimate of drug-likeness (QED) is 0.669. The number of oxazole rings is 1. The van der Waals surface area contributed by atoms with E-state index in [1.807, 2.05) is 42.2 Å². The number of nitrogens with zero attached hydrogens (tertiary/aromatic N) is 3. The predicted molar refractivity (Wildman–Crippen MR) is 109 cm³/mol. The number of aromatic nitrogens is 1. The molecule has 0 atom stereocenters. The Labute approximate surface area is 169 Å². The third-order valence-corrected chi connectivity index (χ3v) is 5.25. The van der Waals surface area contributed by atoms with Crippen LogP contribution in [0.4, 0.5) is 4.39 Å². The second-order valence-electron chi connectivity index (χ2n) is 7.32. The molecule has 1 fully saturated rings. The van der Waals surface area contributed by atoms with Gasteiger partial charge in [-0.15, -0.1) is 0 Å². The number of halogens is 1. The first-order valence-electron chi connectivity index (χ1n) is 9.89. The van der Waals surface area contributed by atoms with Crippen LogP contribution in [-0.4, -0.2) is 46.9 Å². The van der Waals surface area contributed by atoms with E-state index in [4.69, 9.17) is 9.40 Å². The molecule has 2 aromatic carbocycles. The van der Waals surface area contributed by atoms with Crippen LogP contribution >= 0.6 is 0 Å². The topological polar surface area (TPSA) is 49.6 Å². The average Bonchev–Trinajstić information content (AvgIpc) is 2.95. The molecule has 1 aliphatic heterocycles. The van der Waals surface area contributed by atoms with Gasteiger partial charge in [0.15, 0.2) is 0 Å².